The van der Waals surface area contributed by atoms with Gasteiger partial charge in [-0.25, -0.2) is 6.17 Å². The molecule has 0 rings (SSSR count). The maximum Gasteiger partial charge on any atom is -0.358 e. The molecule has 0 saturated heterocycles. The zero-order valence-corrected chi connectivity index (χ0v) is 23.3. The van der Waals surface area contributed by atoms with Crippen LogP contribution in [0.1, 0.15) is 104 Å². The molecule has 0 amide bonds. The van der Waals surface area contributed by atoms with Gasteiger partial charge in [0.15, 0.2) is 0 Å². The monoisotopic (exact) mass is 467 g/mol. The second-order valence-electron chi connectivity index (χ2n) is 11.9. The summed E-state index contributed by atoms with van der Waals surface area (Å²) in [5, 5.41) is 9.60. The fourth-order valence-electron chi connectivity index (χ4n) is 1.42. The van der Waals surface area contributed by atoms with E-state index in [4.69, 9.17) is 10.6 Å². The van der Waals surface area contributed by atoms with Crippen LogP contribution in [0.5, 0.6) is 0 Å². The Labute approximate surface area is 180 Å². The van der Waals surface area contributed by atoms with Gasteiger partial charge in [0.05, 0.1) is 0 Å². The van der Waals surface area contributed by atoms with Gasteiger partial charge in [0, 0.05) is 0 Å². The van der Waals surface area contributed by atoms with Crippen LogP contribution in [0.4, 0.5) is 0 Å². The molecule has 4 nitrogen and oxygen atoms in total. The summed E-state index contributed by atoms with van der Waals surface area (Å²) < 4.78 is 9.01. The summed E-state index contributed by atoms with van der Waals surface area (Å²) in [6.45, 7) is 32.1. The number of hydrogen-bond acceptors (Lipinski definition) is 2. The van der Waals surface area contributed by atoms with Crippen LogP contribution in [-0.2, 0) is 18.2 Å². The molecule has 0 aromatic heterocycles. The van der Waals surface area contributed by atoms with Crippen molar-refractivity contribution in [2.24, 2.45) is 12.4 Å². The third-order valence-corrected chi connectivity index (χ3v) is 5.52. The Hall–Kier alpha value is 0.208. The summed E-state index contributed by atoms with van der Waals surface area (Å²) in [6, 6.07) is 0. The van der Waals surface area contributed by atoms with Crippen LogP contribution in [0.2, 0.25) is 0 Å². The first-order valence-corrected chi connectivity index (χ1v) is 11.4. The zero-order valence-electron chi connectivity index (χ0n) is 21.3. The third kappa shape index (κ3) is 26.2. The Morgan fingerprint density at radius 1 is 0.556 bits per heavy atom. The van der Waals surface area contributed by atoms with Crippen molar-refractivity contribution >= 4 is 0 Å². The standard InChI is InChI=1S/C13H28N2.2C4H9N.CH3.Mo/c1-11(2,3)10(14-12(4,5)6)15-13(7,8)9;2*1-4(2,3)5;;/h10H,1-9H3;2*1-3H3;1H3;/q-2;;;-1;. The maximum absolute atomic E-state index is 4.80. The molecule has 0 atom stereocenters. The summed E-state index contributed by atoms with van der Waals surface area (Å²) in [6.07, 6.45) is 0.0671. The summed E-state index contributed by atoms with van der Waals surface area (Å²) in [5.74, 6) is 0. The normalized spacial score (nSPS) is 13.3. The molecule has 0 heterocycles. The number of nitrogens with zero attached hydrogens (tertiary/aromatic N) is 4. The largest absolute Gasteiger partial charge is 0.358 e. The van der Waals surface area contributed by atoms with Gasteiger partial charge >= 0.3 is 77.8 Å². The van der Waals surface area contributed by atoms with Crippen molar-refractivity contribution in [2.75, 3.05) is 0 Å². The fourth-order valence-corrected chi connectivity index (χ4v) is 2.72. The van der Waals surface area contributed by atoms with E-state index in [1.807, 2.05) is 0 Å². The van der Waals surface area contributed by atoms with Gasteiger partial charge in [0.1, 0.15) is 0 Å². The van der Waals surface area contributed by atoms with E-state index in [-0.39, 0.29) is 41.2 Å². The fraction of sp³-hybridized carbons (Fsp3) is 0.955. The summed E-state index contributed by atoms with van der Waals surface area (Å²) >= 11 is -0.473. The molecule has 166 valence electrons. The van der Waals surface area contributed by atoms with Crippen LogP contribution in [0.15, 0.2) is 6.99 Å². The molecule has 5 heteroatoms. The van der Waals surface area contributed by atoms with Crippen molar-refractivity contribution in [1.29, 1.82) is 0 Å². The zero-order chi connectivity index (χ0) is 21.6. The topological polar surface area (TPSA) is 52.9 Å². The minimum atomic E-state index is -0.473. The predicted octanol–water partition coefficient (Wildman–Crippen LogP) is 8.19. The smallest absolute Gasteiger partial charge is 0.358 e. The molecule has 0 spiro atoms. The van der Waals surface area contributed by atoms with E-state index >= 15 is 0 Å². The molecule has 0 aliphatic carbocycles. The van der Waals surface area contributed by atoms with E-state index in [9.17, 15) is 0 Å². The van der Waals surface area contributed by atoms with E-state index in [1.54, 1.807) is 0 Å². The molecule has 0 fully saturated rings. The average Bonchev–Trinajstić information content (AvgIpc) is 2.19. The minimum absolute atomic E-state index is 0. The average molecular weight is 466 g/mol. The van der Waals surface area contributed by atoms with Gasteiger partial charge in [-0.2, -0.15) is 0 Å². The molecule has 0 aliphatic heterocycles. The van der Waals surface area contributed by atoms with Crippen LogP contribution < -0.4 is 0 Å². The van der Waals surface area contributed by atoms with Crippen molar-refractivity contribution in [2.45, 2.75) is 132 Å². The van der Waals surface area contributed by atoms with Gasteiger partial charge in [-0.3, -0.25) is 0 Å². The van der Waals surface area contributed by atoms with Gasteiger partial charge in [-0.1, -0.05) is 67.7 Å². The predicted molar refractivity (Wildman–Crippen MR) is 120 cm³/mol. The van der Waals surface area contributed by atoms with E-state index in [2.05, 4.69) is 111 Å². The minimum Gasteiger partial charge on any atom is -0.358 e. The van der Waals surface area contributed by atoms with Crippen molar-refractivity contribution in [3.63, 3.8) is 0 Å². The van der Waals surface area contributed by atoms with Crippen LogP contribution in [0.3, 0.4) is 0 Å². The molecule has 0 aromatic rings. The Kier molecular flexibility index (Phi) is 13.5. The second kappa shape index (κ2) is 11.4. The van der Waals surface area contributed by atoms with Crippen molar-refractivity contribution in [3.05, 3.63) is 18.1 Å². The van der Waals surface area contributed by atoms with Gasteiger partial charge in [-0.05, 0) is 0 Å². The third-order valence-electron chi connectivity index (χ3n) is 2.42. The van der Waals surface area contributed by atoms with Crippen molar-refractivity contribution in [3.8, 4) is 0 Å². The maximum atomic E-state index is 4.80. The SMILES string of the molecule is CC(C)(C)[N-]C([N-]C(C)(C)C)C(C)(C)C.CC(C)(C)[N]=[Mo]=[N]C(C)(C)C.[CH3-]. The van der Waals surface area contributed by atoms with Crippen LogP contribution in [0.25, 0.3) is 10.6 Å². The Bertz CT molecular complexity index is 423. The quantitative estimate of drug-likeness (QED) is 0.292. The van der Waals surface area contributed by atoms with Crippen LogP contribution in [-0.4, -0.2) is 28.3 Å². The van der Waals surface area contributed by atoms with Gasteiger partial charge in [0.25, 0.3) is 0 Å². The molecular formula is C22H49MoN4-3. The molecule has 0 unspecified atom stereocenters. The molecule has 0 aromatic carbocycles. The van der Waals surface area contributed by atoms with E-state index < -0.39 is 18.2 Å². The van der Waals surface area contributed by atoms with Crippen molar-refractivity contribution in [1.82, 2.24) is 0 Å². The van der Waals surface area contributed by atoms with E-state index in [1.165, 1.54) is 0 Å². The molecule has 0 radical (unpaired) electrons. The second-order valence-corrected chi connectivity index (χ2v) is 13.2. The van der Waals surface area contributed by atoms with Gasteiger partial charge in [-0.15, -0.1) is 11.1 Å². The van der Waals surface area contributed by atoms with Gasteiger partial charge < -0.3 is 18.1 Å². The Morgan fingerprint density at radius 3 is 0.963 bits per heavy atom. The molecule has 27 heavy (non-hydrogen) atoms. The molecular weight excluding hydrogens is 416 g/mol. The van der Waals surface area contributed by atoms with Crippen molar-refractivity contribution < 1.29 is 18.2 Å². The summed E-state index contributed by atoms with van der Waals surface area (Å²) in [4.78, 5) is 0. The van der Waals surface area contributed by atoms with Crippen LogP contribution in [0, 0.1) is 12.8 Å². The molecule has 0 saturated carbocycles. The molecule has 0 aliphatic rings. The first kappa shape index (κ1) is 31.9. The number of hydrogen-bond donors (Lipinski definition) is 0. The molecule has 0 N–H and O–H groups in total. The first-order valence-electron chi connectivity index (χ1n) is 9.56. The van der Waals surface area contributed by atoms with E-state index in [0.717, 1.165) is 0 Å². The Balaban J connectivity index is -0.000000430. The Morgan fingerprint density at radius 2 is 0.815 bits per heavy atom. The summed E-state index contributed by atoms with van der Waals surface area (Å²) in [7, 11) is 0. The van der Waals surface area contributed by atoms with Gasteiger partial charge in [0.2, 0.25) is 0 Å². The number of rotatable bonds is 2. The first-order chi connectivity index (χ1) is 11.0. The van der Waals surface area contributed by atoms with E-state index in [0.29, 0.717) is 0 Å². The van der Waals surface area contributed by atoms with Crippen LogP contribution >= 0.6 is 0 Å². The molecule has 0 bridgehead atoms. The summed E-state index contributed by atoms with van der Waals surface area (Å²) in [5.41, 5.74) is 0.272.